The van der Waals surface area contributed by atoms with Gasteiger partial charge in [-0.25, -0.2) is 0 Å². The van der Waals surface area contributed by atoms with Gasteiger partial charge in [-0.3, -0.25) is 0 Å². The van der Waals surface area contributed by atoms with Gasteiger partial charge < -0.3 is 13.8 Å². The Bertz CT molecular complexity index is 1380. The van der Waals surface area contributed by atoms with Crippen LogP contribution >= 0.6 is 0 Å². The van der Waals surface area contributed by atoms with E-state index in [-0.39, 0.29) is 0 Å². The van der Waals surface area contributed by atoms with Crippen LogP contribution < -0.4 is 20.9 Å². The van der Waals surface area contributed by atoms with Gasteiger partial charge in [0.1, 0.15) is 11.9 Å². The predicted octanol–water partition coefficient (Wildman–Crippen LogP) is 3.97. The number of rotatable bonds is 4. The monoisotopic (exact) mass is 471 g/mol. The normalized spacial score (nSPS) is 19.1. The lowest BCUT2D eigenvalue weighted by atomic mass is 9.23. The lowest BCUT2D eigenvalue weighted by Crippen LogP contribution is -2.78. The van der Waals surface area contributed by atoms with Gasteiger partial charge in [0.05, 0.1) is 11.2 Å². The molecule has 3 nitrogen and oxygen atoms in total. The molecular weight excluding hydrogens is 440 g/mol. The fraction of sp³-hybridized carbons (Fsp3) is 0.194. The summed E-state index contributed by atoms with van der Waals surface area (Å²) in [6, 6.07) is 36.9. The number of fused-ring (bicyclic) bond motifs is 1. The van der Waals surface area contributed by atoms with Crippen molar-refractivity contribution in [2.24, 2.45) is 0 Å². The Morgan fingerprint density at radius 1 is 0.639 bits per heavy atom. The van der Waals surface area contributed by atoms with Crippen LogP contribution in [-0.4, -0.2) is 24.6 Å². The highest BCUT2D eigenvalue weighted by atomic mass is 16.7. The van der Waals surface area contributed by atoms with Gasteiger partial charge >= 0.3 is 13.4 Å². The Morgan fingerprint density at radius 3 is 1.67 bits per heavy atom. The number of nitrogens with zero attached hydrogens (tertiary/aromatic N) is 1. The molecule has 0 amide bonds. The molecule has 0 spiro atoms. The zero-order chi connectivity index (χ0) is 25.0. The van der Waals surface area contributed by atoms with Crippen LogP contribution in [-0.2, 0) is 9.31 Å². The molecule has 2 aliphatic rings. The van der Waals surface area contributed by atoms with Crippen LogP contribution in [0.2, 0.25) is 0 Å². The van der Waals surface area contributed by atoms with E-state index in [4.69, 9.17) is 9.31 Å². The van der Waals surface area contributed by atoms with Crippen molar-refractivity contribution in [2.45, 2.75) is 38.9 Å². The highest BCUT2D eigenvalue weighted by Gasteiger charge is 2.54. The van der Waals surface area contributed by atoms with E-state index >= 15 is 0 Å². The van der Waals surface area contributed by atoms with Gasteiger partial charge in [-0.05, 0) is 33.8 Å². The minimum Gasteiger partial charge on any atom is -0.409 e. The van der Waals surface area contributed by atoms with Gasteiger partial charge in [0.2, 0.25) is 0 Å². The van der Waals surface area contributed by atoms with Gasteiger partial charge in [0.15, 0.2) is 0 Å². The molecule has 1 saturated heterocycles. The number of pyridine rings is 1. The van der Waals surface area contributed by atoms with Gasteiger partial charge in [-0.2, -0.15) is 0 Å². The predicted molar refractivity (Wildman–Crippen MR) is 150 cm³/mol. The second-order valence-corrected chi connectivity index (χ2v) is 11.0. The number of aromatic nitrogens is 1. The summed E-state index contributed by atoms with van der Waals surface area (Å²) in [7, 11) is -0.423. The fourth-order valence-electron chi connectivity index (χ4n) is 5.84. The molecular formula is C31H31B2NO2. The molecule has 3 aromatic carbocycles. The second kappa shape index (κ2) is 8.33. The van der Waals surface area contributed by atoms with Gasteiger partial charge in [0, 0.05) is 11.5 Å². The lowest BCUT2D eigenvalue weighted by molar-refractivity contribution is -0.538. The maximum absolute atomic E-state index is 6.46. The van der Waals surface area contributed by atoms with E-state index in [1.165, 1.54) is 27.7 Å². The molecule has 0 N–H and O–H groups in total. The molecule has 1 fully saturated rings. The van der Waals surface area contributed by atoms with Crippen molar-refractivity contribution in [1.82, 2.24) is 0 Å². The Hall–Kier alpha value is -3.40. The summed E-state index contributed by atoms with van der Waals surface area (Å²) in [6.45, 7) is 8.41. The molecule has 1 aromatic heterocycles. The molecule has 2 aliphatic heterocycles. The highest BCUT2D eigenvalue weighted by molar-refractivity contribution is 7.10. The van der Waals surface area contributed by atoms with Crippen LogP contribution in [0.25, 0.3) is 11.5 Å². The summed E-state index contributed by atoms with van der Waals surface area (Å²) in [5.74, 6) is 0. The topological polar surface area (TPSA) is 22.3 Å². The Morgan fingerprint density at radius 2 is 1.14 bits per heavy atom. The molecule has 36 heavy (non-hydrogen) atoms. The van der Waals surface area contributed by atoms with Crippen LogP contribution in [0.5, 0.6) is 0 Å². The van der Waals surface area contributed by atoms with Crippen molar-refractivity contribution in [3.05, 3.63) is 121 Å². The minimum atomic E-state index is -1.50. The third kappa shape index (κ3) is 3.42. The van der Waals surface area contributed by atoms with E-state index in [1.54, 1.807) is 0 Å². The number of hydrogen-bond donors (Lipinski definition) is 0. The minimum absolute atomic E-state index is 0.393. The van der Waals surface area contributed by atoms with Gasteiger partial charge in [0.25, 0.3) is 0 Å². The Balaban J connectivity index is 1.61. The fourth-order valence-corrected chi connectivity index (χ4v) is 5.84. The first kappa shape index (κ1) is 23.0. The molecule has 0 radical (unpaired) electrons. The van der Waals surface area contributed by atoms with Gasteiger partial charge in [-0.1, -0.05) is 103 Å². The average molecular weight is 471 g/mol. The second-order valence-electron chi connectivity index (χ2n) is 11.0. The van der Waals surface area contributed by atoms with E-state index in [2.05, 4.69) is 148 Å². The average Bonchev–Trinajstić information content (AvgIpc) is 3.35. The molecule has 0 aliphatic carbocycles. The third-order valence-electron chi connectivity index (χ3n) is 8.40. The van der Waals surface area contributed by atoms with Crippen LogP contribution in [0, 0.1) is 0 Å². The maximum Gasteiger partial charge on any atom is 0.500 e. The molecule has 5 heteroatoms. The van der Waals surface area contributed by atoms with Crippen molar-refractivity contribution < 1.29 is 13.8 Å². The van der Waals surface area contributed by atoms with E-state index in [0.29, 0.717) is 0 Å². The summed E-state index contributed by atoms with van der Waals surface area (Å²) < 4.78 is 15.4. The summed E-state index contributed by atoms with van der Waals surface area (Å²) >= 11 is 0. The molecule has 0 saturated carbocycles. The Labute approximate surface area is 214 Å². The number of hydrogen-bond acceptors (Lipinski definition) is 2. The largest absolute Gasteiger partial charge is 0.500 e. The SMILES string of the molecule is CC1(C)OB(c2ccc3[n+](c2)[B-](c2ccccc2)(c2ccccc2)C(c2ccccc2)=C3)OC1(C)C. The van der Waals surface area contributed by atoms with Crippen LogP contribution in [0.1, 0.15) is 39.0 Å². The molecule has 6 rings (SSSR count). The zero-order valence-corrected chi connectivity index (χ0v) is 21.4. The van der Waals surface area contributed by atoms with Gasteiger partial charge in [-0.15, -0.1) is 16.4 Å². The first-order valence-electron chi connectivity index (χ1n) is 12.8. The molecule has 0 atom stereocenters. The van der Waals surface area contributed by atoms with Crippen molar-refractivity contribution in [2.75, 3.05) is 0 Å². The van der Waals surface area contributed by atoms with Crippen LogP contribution in [0.3, 0.4) is 0 Å². The standard InChI is InChI=1S/C31H31B2NO2/c1-30(2)31(3,4)36-32(35-30)25-20-21-28-22-29(24-14-8-5-9-15-24)33(34(28)23-25,26-16-10-6-11-17-26)27-18-12-7-13-19-27/h5-23H,1-4H3. The van der Waals surface area contributed by atoms with Crippen molar-refractivity contribution in [3.8, 4) is 0 Å². The molecule has 4 aromatic rings. The molecule has 0 unspecified atom stereocenters. The molecule has 178 valence electrons. The Kier molecular flexibility index (Phi) is 5.33. The first-order chi connectivity index (χ1) is 17.3. The molecule has 3 heterocycles. The third-order valence-corrected chi connectivity index (χ3v) is 8.40. The van der Waals surface area contributed by atoms with E-state index in [9.17, 15) is 0 Å². The van der Waals surface area contributed by atoms with Crippen molar-refractivity contribution in [1.29, 1.82) is 0 Å². The quantitative estimate of drug-likeness (QED) is 0.421. The summed E-state index contributed by atoms with van der Waals surface area (Å²) in [4.78, 5) is 0. The number of benzene rings is 3. The van der Waals surface area contributed by atoms with Crippen LogP contribution in [0.4, 0.5) is 0 Å². The van der Waals surface area contributed by atoms with E-state index in [0.717, 1.165) is 5.46 Å². The lowest BCUT2D eigenvalue weighted by Gasteiger charge is -2.36. The summed E-state index contributed by atoms with van der Waals surface area (Å²) in [5, 5.41) is 0. The highest BCUT2D eigenvalue weighted by Crippen LogP contribution is 2.37. The maximum atomic E-state index is 6.46. The van der Waals surface area contributed by atoms with Crippen molar-refractivity contribution in [3.63, 3.8) is 0 Å². The summed E-state index contributed by atoms with van der Waals surface area (Å²) in [6.07, 6.45) is 3.11. The molecule has 0 bridgehead atoms. The van der Waals surface area contributed by atoms with E-state index < -0.39 is 24.6 Å². The van der Waals surface area contributed by atoms with Crippen molar-refractivity contribution >= 4 is 41.3 Å². The zero-order valence-electron chi connectivity index (χ0n) is 21.4. The summed E-state index contributed by atoms with van der Waals surface area (Å²) in [5.41, 5.74) is 6.48. The van der Waals surface area contributed by atoms with E-state index in [1.807, 2.05) is 0 Å². The smallest absolute Gasteiger partial charge is 0.409 e. The first-order valence-corrected chi connectivity index (χ1v) is 12.8. The van der Waals surface area contributed by atoms with Crippen LogP contribution in [0.15, 0.2) is 109 Å².